The van der Waals surface area contributed by atoms with Crippen LogP contribution in [0, 0.1) is 5.92 Å². The minimum atomic E-state index is 0.0190. The molecule has 1 heterocycles. The highest BCUT2D eigenvalue weighted by molar-refractivity contribution is 6.31. The SMILES string of the molecule is CC(C)n1ncc(Cl)c1C(N)CC1CCCCC1. The summed E-state index contributed by atoms with van der Waals surface area (Å²) in [5.41, 5.74) is 7.38. The van der Waals surface area contributed by atoms with E-state index < -0.39 is 0 Å². The Morgan fingerprint density at radius 2 is 2.06 bits per heavy atom. The van der Waals surface area contributed by atoms with E-state index in [4.69, 9.17) is 17.3 Å². The number of nitrogens with two attached hydrogens (primary N) is 1. The largest absolute Gasteiger partial charge is 0.323 e. The summed E-state index contributed by atoms with van der Waals surface area (Å²) >= 11 is 6.24. The smallest absolute Gasteiger partial charge is 0.0834 e. The Morgan fingerprint density at radius 3 is 2.67 bits per heavy atom. The molecule has 1 aromatic rings. The van der Waals surface area contributed by atoms with Crippen molar-refractivity contribution in [3.05, 3.63) is 16.9 Å². The van der Waals surface area contributed by atoms with Gasteiger partial charge in [-0.1, -0.05) is 43.7 Å². The van der Waals surface area contributed by atoms with Crippen LogP contribution in [0.15, 0.2) is 6.20 Å². The van der Waals surface area contributed by atoms with Crippen LogP contribution in [0.4, 0.5) is 0 Å². The lowest BCUT2D eigenvalue weighted by molar-refractivity contribution is 0.312. The first-order valence-electron chi connectivity index (χ1n) is 7.08. The molecule has 18 heavy (non-hydrogen) atoms. The van der Waals surface area contributed by atoms with E-state index in [2.05, 4.69) is 18.9 Å². The van der Waals surface area contributed by atoms with Gasteiger partial charge in [0.1, 0.15) is 0 Å². The molecule has 1 aliphatic rings. The van der Waals surface area contributed by atoms with Gasteiger partial charge in [0.25, 0.3) is 0 Å². The van der Waals surface area contributed by atoms with Crippen LogP contribution in [0.1, 0.15) is 70.2 Å². The Kier molecular flexibility index (Phi) is 4.68. The second kappa shape index (κ2) is 6.07. The van der Waals surface area contributed by atoms with E-state index in [0.717, 1.165) is 18.0 Å². The van der Waals surface area contributed by atoms with Crippen molar-refractivity contribution in [3.63, 3.8) is 0 Å². The topological polar surface area (TPSA) is 43.8 Å². The van der Waals surface area contributed by atoms with Gasteiger partial charge in [0.2, 0.25) is 0 Å². The molecule has 0 spiro atoms. The van der Waals surface area contributed by atoms with Gasteiger partial charge in [-0.2, -0.15) is 5.10 Å². The standard InChI is InChI=1S/C14H24ClN3/c1-10(2)18-14(12(15)9-17-18)13(16)8-11-6-4-3-5-7-11/h9-11,13H,3-8,16H2,1-2H3. The molecule has 1 fully saturated rings. The van der Waals surface area contributed by atoms with Crippen molar-refractivity contribution < 1.29 is 0 Å². The van der Waals surface area contributed by atoms with Gasteiger partial charge >= 0.3 is 0 Å². The number of rotatable bonds is 4. The molecule has 1 aromatic heterocycles. The fourth-order valence-corrected chi connectivity index (χ4v) is 3.27. The summed E-state index contributed by atoms with van der Waals surface area (Å²) in [6.07, 6.45) is 9.50. The maximum atomic E-state index is 6.36. The van der Waals surface area contributed by atoms with Crippen LogP contribution >= 0.6 is 11.6 Å². The first-order chi connectivity index (χ1) is 8.59. The summed E-state index contributed by atoms with van der Waals surface area (Å²) in [4.78, 5) is 0. The van der Waals surface area contributed by atoms with Crippen LogP contribution in [0.5, 0.6) is 0 Å². The van der Waals surface area contributed by atoms with Crippen LogP contribution in [0.25, 0.3) is 0 Å². The molecule has 1 atom stereocenters. The Labute approximate surface area is 115 Å². The molecule has 1 saturated carbocycles. The Balaban J connectivity index is 2.07. The third-order valence-corrected chi connectivity index (χ3v) is 4.23. The molecule has 1 aliphatic carbocycles. The molecule has 4 heteroatoms. The zero-order valence-electron chi connectivity index (χ0n) is 11.4. The highest BCUT2D eigenvalue weighted by Crippen LogP contribution is 2.33. The minimum absolute atomic E-state index is 0.0190. The summed E-state index contributed by atoms with van der Waals surface area (Å²) in [7, 11) is 0. The van der Waals surface area contributed by atoms with Crippen molar-refractivity contribution in [3.8, 4) is 0 Å². The molecule has 2 rings (SSSR count). The lowest BCUT2D eigenvalue weighted by Crippen LogP contribution is -2.22. The van der Waals surface area contributed by atoms with Crippen LogP contribution in [0.3, 0.4) is 0 Å². The molecule has 0 amide bonds. The van der Waals surface area contributed by atoms with E-state index in [9.17, 15) is 0 Å². The van der Waals surface area contributed by atoms with Gasteiger partial charge in [0.05, 0.1) is 16.9 Å². The molecular formula is C14H24ClN3. The maximum absolute atomic E-state index is 6.36. The number of hydrogen-bond donors (Lipinski definition) is 1. The van der Waals surface area contributed by atoms with Crippen molar-refractivity contribution in [2.75, 3.05) is 0 Å². The van der Waals surface area contributed by atoms with Gasteiger partial charge in [-0.05, 0) is 26.2 Å². The van der Waals surface area contributed by atoms with Gasteiger partial charge in [-0.15, -0.1) is 0 Å². The Hall–Kier alpha value is -0.540. The normalized spacial score (nSPS) is 19.4. The van der Waals surface area contributed by atoms with Gasteiger partial charge in [-0.25, -0.2) is 0 Å². The van der Waals surface area contributed by atoms with Gasteiger partial charge in [0, 0.05) is 12.1 Å². The predicted molar refractivity (Wildman–Crippen MR) is 75.7 cm³/mol. The second-order valence-corrected chi connectivity index (χ2v) is 6.17. The highest BCUT2D eigenvalue weighted by Gasteiger charge is 2.23. The summed E-state index contributed by atoms with van der Waals surface area (Å²) in [6, 6.07) is 0.329. The van der Waals surface area contributed by atoms with Crippen molar-refractivity contribution in [1.29, 1.82) is 0 Å². The number of aromatic nitrogens is 2. The zero-order valence-corrected chi connectivity index (χ0v) is 12.2. The van der Waals surface area contributed by atoms with Crippen LogP contribution in [-0.2, 0) is 0 Å². The predicted octanol–water partition coefficient (Wildman–Crippen LogP) is 4.09. The molecule has 0 aromatic carbocycles. The molecule has 0 aliphatic heterocycles. The molecule has 0 bridgehead atoms. The van der Waals surface area contributed by atoms with Crippen LogP contribution in [-0.4, -0.2) is 9.78 Å². The lowest BCUT2D eigenvalue weighted by atomic mass is 9.84. The van der Waals surface area contributed by atoms with Gasteiger partial charge < -0.3 is 5.73 Å². The van der Waals surface area contributed by atoms with Crippen molar-refractivity contribution in [1.82, 2.24) is 9.78 Å². The van der Waals surface area contributed by atoms with E-state index in [-0.39, 0.29) is 6.04 Å². The molecule has 102 valence electrons. The molecule has 1 unspecified atom stereocenters. The van der Waals surface area contributed by atoms with E-state index in [1.807, 2.05) is 4.68 Å². The fraction of sp³-hybridized carbons (Fsp3) is 0.786. The first-order valence-corrected chi connectivity index (χ1v) is 7.46. The summed E-state index contributed by atoms with van der Waals surface area (Å²) in [6.45, 7) is 4.22. The quantitative estimate of drug-likeness (QED) is 0.895. The minimum Gasteiger partial charge on any atom is -0.323 e. The Bertz CT molecular complexity index is 380. The molecular weight excluding hydrogens is 246 g/mol. The van der Waals surface area contributed by atoms with Crippen molar-refractivity contribution in [2.45, 2.75) is 64.5 Å². The van der Waals surface area contributed by atoms with E-state index in [1.54, 1.807) is 6.20 Å². The maximum Gasteiger partial charge on any atom is 0.0834 e. The Morgan fingerprint density at radius 1 is 1.39 bits per heavy atom. The average Bonchev–Trinajstić information content (AvgIpc) is 2.72. The van der Waals surface area contributed by atoms with Crippen LogP contribution < -0.4 is 5.73 Å². The molecule has 0 saturated heterocycles. The van der Waals surface area contributed by atoms with Gasteiger partial charge in [0.15, 0.2) is 0 Å². The van der Waals surface area contributed by atoms with E-state index in [1.165, 1.54) is 32.1 Å². The summed E-state index contributed by atoms with van der Waals surface area (Å²) in [5.74, 6) is 0.764. The lowest BCUT2D eigenvalue weighted by Gasteiger charge is -2.25. The zero-order chi connectivity index (χ0) is 13.1. The molecule has 2 N–H and O–H groups in total. The number of hydrogen-bond acceptors (Lipinski definition) is 2. The van der Waals surface area contributed by atoms with Crippen molar-refractivity contribution in [2.24, 2.45) is 11.7 Å². The second-order valence-electron chi connectivity index (χ2n) is 5.76. The summed E-state index contributed by atoms with van der Waals surface area (Å²) in [5, 5.41) is 5.05. The number of nitrogens with zero attached hydrogens (tertiary/aromatic N) is 2. The third-order valence-electron chi connectivity index (χ3n) is 3.94. The average molecular weight is 270 g/mol. The number of halogens is 1. The molecule has 3 nitrogen and oxygen atoms in total. The fourth-order valence-electron chi connectivity index (χ4n) is 3.00. The first kappa shape index (κ1) is 13.9. The van der Waals surface area contributed by atoms with E-state index >= 15 is 0 Å². The third kappa shape index (κ3) is 3.07. The van der Waals surface area contributed by atoms with Crippen LogP contribution in [0.2, 0.25) is 5.02 Å². The van der Waals surface area contributed by atoms with Gasteiger partial charge in [-0.3, -0.25) is 4.68 Å². The highest BCUT2D eigenvalue weighted by atomic mass is 35.5. The van der Waals surface area contributed by atoms with Crippen molar-refractivity contribution >= 4 is 11.6 Å². The van der Waals surface area contributed by atoms with E-state index in [0.29, 0.717) is 11.1 Å². The molecule has 0 radical (unpaired) electrons. The summed E-state index contributed by atoms with van der Waals surface area (Å²) < 4.78 is 1.97. The monoisotopic (exact) mass is 269 g/mol.